The zero-order valence-corrected chi connectivity index (χ0v) is 21.8. The van der Waals surface area contributed by atoms with Crippen molar-refractivity contribution >= 4 is 41.1 Å². The van der Waals surface area contributed by atoms with E-state index >= 15 is 0 Å². The van der Waals surface area contributed by atoms with E-state index in [1.807, 2.05) is 6.07 Å². The lowest BCUT2D eigenvalue weighted by molar-refractivity contribution is -0.113. The average Bonchev–Trinajstić information content (AvgIpc) is 2.97. The molecular weight excluding hydrogens is 515 g/mol. The molecule has 0 radical (unpaired) electrons. The first-order chi connectivity index (χ1) is 18.9. The number of methoxy groups -OCH3 is 1. The van der Waals surface area contributed by atoms with Gasteiger partial charge in [-0.25, -0.2) is 4.39 Å². The molecule has 0 aliphatic carbocycles. The van der Waals surface area contributed by atoms with Crippen LogP contribution in [-0.4, -0.2) is 30.5 Å². The summed E-state index contributed by atoms with van der Waals surface area (Å²) in [5, 5.41) is 5.35. The van der Waals surface area contributed by atoms with Gasteiger partial charge in [-0.05, 0) is 54.6 Å². The molecule has 0 saturated heterocycles. The molecule has 6 nitrogen and oxygen atoms in total. The van der Waals surface area contributed by atoms with Crippen LogP contribution in [0.2, 0.25) is 0 Å². The molecule has 0 aliphatic rings. The maximum atomic E-state index is 14.3. The van der Waals surface area contributed by atoms with Crippen molar-refractivity contribution in [1.82, 2.24) is 5.32 Å². The van der Waals surface area contributed by atoms with Gasteiger partial charge in [0.25, 0.3) is 11.8 Å². The summed E-state index contributed by atoms with van der Waals surface area (Å²) >= 11 is 1.31. The quantitative estimate of drug-likeness (QED) is 0.142. The van der Waals surface area contributed by atoms with Crippen LogP contribution in [0, 0.1) is 5.82 Å². The molecule has 0 atom stereocenters. The third-order valence-corrected chi connectivity index (χ3v) is 6.60. The number of rotatable bonds is 10. The van der Waals surface area contributed by atoms with E-state index in [1.54, 1.807) is 78.9 Å². The van der Waals surface area contributed by atoms with E-state index in [-0.39, 0.29) is 22.8 Å². The monoisotopic (exact) mass is 540 g/mol. The second kappa shape index (κ2) is 13.2. The van der Waals surface area contributed by atoms with Crippen molar-refractivity contribution in [2.45, 2.75) is 4.90 Å². The number of nitrogens with one attached hydrogen (secondary N) is 2. The van der Waals surface area contributed by atoms with Crippen LogP contribution in [0.1, 0.15) is 26.3 Å². The first-order valence-electron chi connectivity index (χ1n) is 12.0. The Labute approximate surface area is 229 Å². The predicted molar refractivity (Wildman–Crippen MR) is 151 cm³/mol. The smallest absolute Gasteiger partial charge is 0.272 e. The predicted octanol–water partition coefficient (Wildman–Crippen LogP) is 6.22. The minimum Gasteiger partial charge on any atom is -0.496 e. The van der Waals surface area contributed by atoms with E-state index < -0.39 is 17.6 Å². The molecule has 0 aliphatic heterocycles. The van der Waals surface area contributed by atoms with Gasteiger partial charge in [0.05, 0.1) is 18.4 Å². The first kappa shape index (κ1) is 27.3. The Balaban J connectivity index is 1.50. The second-order valence-electron chi connectivity index (χ2n) is 8.29. The van der Waals surface area contributed by atoms with Gasteiger partial charge in [-0.1, -0.05) is 54.6 Å². The van der Waals surface area contributed by atoms with Crippen molar-refractivity contribution in [3.8, 4) is 5.75 Å². The van der Waals surface area contributed by atoms with Gasteiger partial charge in [0, 0.05) is 21.7 Å². The molecule has 39 heavy (non-hydrogen) atoms. The van der Waals surface area contributed by atoms with E-state index in [2.05, 4.69) is 10.6 Å². The maximum absolute atomic E-state index is 14.3. The number of carbonyl (C=O) groups is 3. The van der Waals surface area contributed by atoms with Gasteiger partial charge in [-0.15, -0.1) is 11.8 Å². The van der Waals surface area contributed by atoms with Crippen molar-refractivity contribution in [3.63, 3.8) is 0 Å². The number of benzene rings is 4. The van der Waals surface area contributed by atoms with E-state index in [1.165, 1.54) is 43.1 Å². The molecule has 2 amide bonds. The zero-order valence-electron chi connectivity index (χ0n) is 21.0. The van der Waals surface area contributed by atoms with Crippen molar-refractivity contribution < 1.29 is 23.5 Å². The molecule has 8 heteroatoms. The van der Waals surface area contributed by atoms with E-state index in [0.29, 0.717) is 22.6 Å². The van der Waals surface area contributed by atoms with Gasteiger partial charge < -0.3 is 15.4 Å². The third kappa shape index (κ3) is 7.43. The molecule has 0 fully saturated rings. The summed E-state index contributed by atoms with van der Waals surface area (Å²) in [5.41, 5.74) is 1.31. The highest BCUT2D eigenvalue weighted by Gasteiger charge is 2.17. The number of anilines is 1. The molecule has 0 heterocycles. The molecule has 4 aromatic rings. The van der Waals surface area contributed by atoms with E-state index in [9.17, 15) is 18.8 Å². The van der Waals surface area contributed by atoms with Crippen LogP contribution in [0.4, 0.5) is 10.1 Å². The Morgan fingerprint density at radius 2 is 1.59 bits per heavy atom. The highest BCUT2D eigenvalue weighted by Crippen LogP contribution is 2.25. The molecule has 4 aromatic carbocycles. The van der Waals surface area contributed by atoms with Gasteiger partial charge in [-0.2, -0.15) is 0 Å². The largest absolute Gasteiger partial charge is 0.496 e. The number of amides is 2. The Morgan fingerprint density at radius 3 is 2.36 bits per heavy atom. The number of hydrogen-bond donors (Lipinski definition) is 2. The normalized spacial score (nSPS) is 11.0. The Morgan fingerprint density at radius 1 is 0.872 bits per heavy atom. The summed E-state index contributed by atoms with van der Waals surface area (Å²) in [6.45, 7) is 0. The van der Waals surface area contributed by atoms with Gasteiger partial charge in [-0.3, -0.25) is 14.4 Å². The van der Waals surface area contributed by atoms with Crippen molar-refractivity contribution in [1.29, 1.82) is 0 Å². The van der Waals surface area contributed by atoms with Gasteiger partial charge in [0.1, 0.15) is 17.3 Å². The topological polar surface area (TPSA) is 84.5 Å². The zero-order chi connectivity index (χ0) is 27.6. The standard InChI is InChI=1S/C31H25FN2O4S/c1-38-29-17-8-6-15-25(29)28(35)20-39-24-14-9-13-23(19-24)33-31(37)27(18-22-12-5-7-16-26(22)32)34-30(36)21-10-3-2-4-11-21/h2-19H,20H2,1H3,(H,33,37)(H,34,36)/b27-18-. The van der Waals surface area contributed by atoms with Gasteiger partial charge in [0.15, 0.2) is 5.78 Å². The van der Waals surface area contributed by atoms with Crippen molar-refractivity contribution in [3.05, 3.63) is 131 Å². The molecule has 2 N–H and O–H groups in total. The van der Waals surface area contributed by atoms with E-state index in [0.717, 1.165) is 4.90 Å². The fraction of sp³-hybridized carbons (Fsp3) is 0.0645. The summed E-state index contributed by atoms with van der Waals surface area (Å²) in [6.07, 6.45) is 1.29. The number of carbonyl (C=O) groups excluding carboxylic acids is 3. The molecular formula is C31H25FN2O4S. The minimum atomic E-state index is -0.630. The van der Waals surface area contributed by atoms with Crippen molar-refractivity contribution in [2.75, 3.05) is 18.2 Å². The Kier molecular flexibility index (Phi) is 9.26. The summed E-state index contributed by atoms with van der Waals surface area (Å²) in [4.78, 5) is 39.5. The molecule has 0 spiro atoms. The lowest BCUT2D eigenvalue weighted by atomic mass is 10.1. The van der Waals surface area contributed by atoms with Crippen LogP contribution in [0.25, 0.3) is 6.08 Å². The lowest BCUT2D eigenvalue weighted by Crippen LogP contribution is -2.30. The van der Waals surface area contributed by atoms with Gasteiger partial charge in [0.2, 0.25) is 0 Å². The van der Waals surface area contributed by atoms with E-state index in [4.69, 9.17) is 4.74 Å². The SMILES string of the molecule is COc1ccccc1C(=O)CSc1cccc(NC(=O)/C(=C/c2ccccc2F)NC(=O)c2ccccc2)c1. The Bertz CT molecular complexity index is 1520. The number of halogens is 1. The average molecular weight is 541 g/mol. The number of para-hydroxylation sites is 1. The van der Waals surface area contributed by atoms with Crippen molar-refractivity contribution in [2.24, 2.45) is 0 Å². The molecule has 0 aromatic heterocycles. The first-order valence-corrected chi connectivity index (χ1v) is 13.0. The van der Waals surface area contributed by atoms with Crippen LogP contribution in [0.3, 0.4) is 0 Å². The van der Waals surface area contributed by atoms with Crippen LogP contribution in [-0.2, 0) is 4.79 Å². The van der Waals surface area contributed by atoms with Crippen LogP contribution >= 0.6 is 11.8 Å². The number of ketones is 1. The molecule has 0 saturated carbocycles. The second-order valence-corrected chi connectivity index (χ2v) is 9.34. The molecule has 4 rings (SSSR count). The maximum Gasteiger partial charge on any atom is 0.272 e. The Hall–Kier alpha value is -4.69. The number of thioether (sulfide) groups is 1. The minimum absolute atomic E-state index is 0.0920. The summed E-state index contributed by atoms with van der Waals surface area (Å²) in [7, 11) is 1.52. The third-order valence-electron chi connectivity index (χ3n) is 5.60. The molecule has 196 valence electrons. The van der Waals surface area contributed by atoms with Gasteiger partial charge >= 0.3 is 0 Å². The fourth-order valence-electron chi connectivity index (χ4n) is 3.65. The summed E-state index contributed by atoms with van der Waals surface area (Å²) < 4.78 is 19.6. The molecule has 0 unspecified atom stereocenters. The van der Waals surface area contributed by atoms with Crippen LogP contribution in [0.5, 0.6) is 5.75 Å². The van der Waals surface area contributed by atoms with Crippen LogP contribution < -0.4 is 15.4 Å². The highest BCUT2D eigenvalue weighted by molar-refractivity contribution is 8.00. The number of hydrogen-bond acceptors (Lipinski definition) is 5. The number of ether oxygens (including phenoxy) is 1. The number of Topliss-reactive ketones (excluding diaryl/α,β-unsaturated/α-hetero) is 1. The lowest BCUT2D eigenvalue weighted by Gasteiger charge is -2.12. The summed E-state index contributed by atoms with van der Waals surface area (Å²) in [6, 6.07) is 28.4. The summed E-state index contributed by atoms with van der Waals surface area (Å²) in [5.74, 6) is -1.08. The molecule has 0 bridgehead atoms. The van der Waals surface area contributed by atoms with Crippen LogP contribution in [0.15, 0.2) is 114 Å². The fourth-order valence-corrected chi connectivity index (χ4v) is 4.49. The highest BCUT2D eigenvalue weighted by atomic mass is 32.2.